The summed E-state index contributed by atoms with van der Waals surface area (Å²) in [7, 11) is 1.84. The first-order valence-electron chi connectivity index (χ1n) is 6.45. The highest BCUT2D eigenvalue weighted by atomic mass is 35.5. The number of hydrogen-bond donors (Lipinski definition) is 1. The first kappa shape index (κ1) is 13.8. The van der Waals surface area contributed by atoms with E-state index in [0.717, 1.165) is 32.3 Å². The average Bonchev–Trinajstić information content (AvgIpc) is 2.86. The maximum absolute atomic E-state index is 13.8. The fraction of sp³-hybridized carbons (Fsp3) is 0.571. The predicted octanol–water partition coefficient (Wildman–Crippen LogP) is 3.70. The van der Waals surface area contributed by atoms with Gasteiger partial charge in [-0.15, -0.1) is 0 Å². The zero-order valence-corrected chi connectivity index (χ0v) is 11.3. The Labute approximate surface area is 112 Å². The zero-order chi connectivity index (χ0) is 13.0. The van der Waals surface area contributed by atoms with E-state index in [0.29, 0.717) is 16.7 Å². The maximum Gasteiger partial charge on any atom is 0.129 e. The predicted molar refractivity (Wildman–Crippen MR) is 71.4 cm³/mol. The average molecular weight is 272 g/mol. The van der Waals surface area contributed by atoms with Crippen LogP contribution in [0.1, 0.15) is 37.3 Å². The summed E-state index contributed by atoms with van der Waals surface area (Å²) in [6.45, 7) is 0.856. The van der Waals surface area contributed by atoms with Crippen LogP contribution < -0.4 is 5.32 Å². The summed E-state index contributed by atoms with van der Waals surface area (Å²) >= 11 is 6.09. The summed E-state index contributed by atoms with van der Waals surface area (Å²) in [5, 5.41) is 3.63. The maximum atomic E-state index is 13.8. The van der Waals surface area contributed by atoms with Crippen LogP contribution in [0.3, 0.4) is 0 Å². The van der Waals surface area contributed by atoms with Gasteiger partial charge < -0.3 is 10.1 Å². The van der Waals surface area contributed by atoms with Crippen LogP contribution in [0.15, 0.2) is 18.2 Å². The van der Waals surface area contributed by atoms with Crippen LogP contribution in [0, 0.1) is 5.82 Å². The van der Waals surface area contributed by atoms with Gasteiger partial charge in [-0.1, -0.05) is 17.7 Å². The fourth-order valence-corrected chi connectivity index (χ4v) is 2.80. The van der Waals surface area contributed by atoms with Gasteiger partial charge in [-0.2, -0.15) is 0 Å². The van der Waals surface area contributed by atoms with Gasteiger partial charge in [0.1, 0.15) is 5.82 Å². The van der Waals surface area contributed by atoms with Gasteiger partial charge in [0.2, 0.25) is 0 Å². The SMILES string of the molecule is CNC(CCC1CCCO1)c1c(F)cccc1Cl. The molecule has 1 saturated heterocycles. The molecule has 2 rings (SSSR count). The Hall–Kier alpha value is -0.640. The van der Waals surface area contributed by atoms with Crippen molar-refractivity contribution in [1.82, 2.24) is 5.32 Å². The monoisotopic (exact) mass is 271 g/mol. The Bertz CT molecular complexity index is 373. The van der Waals surface area contributed by atoms with Gasteiger partial charge in [0, 0.05) is 23.2 Å². The van der Waals surface area contributed by atoms with E-state index in [9.17, 15) is 4.39 Å². The molecule has 1 aromatic rings. The van der Waals surface area contributed by atoms with Gasteiger partial charge in [0.15, 0.2) is 0 Å². The molecular formula is C14H19ClFNO. The largest absolute Gasteiger partial charge is 0.378 e. The zero-order valence-electron chi connectivity index (χ0n) is 10.6. The lowest BCUT2D eigenvalue weighted by atomic mass is 9.99. The lowest BCUT2D eigenvalue weighted by Gasteiger charge is -2.20. The van der Waals surface area contributed by atoms with E-state index in [-0.39, 0.29) is 11.9 Å². The molecule has 2 unspecified atom stereocenters. The summed E-state index contributed by atoms with van der Waals surface area (Å²) in [4.78, 5) is 0. The molecule has 0 spiro atoms. The standard InChI is InChI=1S/C14H19ClFNO/c1-17-13(8-7-10-4-3-9-18-10)14-11(15)5-2-6-12(14)16/h2,5-6,10,13,17H,3-4,7-9H2,1H3. The molecule has 2 nitrogen and oxygen atoms in total. The quantitative estimate of drug-likeness (QED) is 0.882. The molecule has 0 radical (unpaired) electrons. The third kappa shape index (κ3) is 3.22. The van der Waals surface area contributed by atoms with Gasteiger partial charge in [-0.3, -0.25) is 0 Å². The van der Waals surface area contributed by atoms with Crippen LogP contribution in [0.4, 0.5) is 4.39 Å². The van der Waals surface area contributed by atoms with Crippen LogP contribution >= 0.6 is 11.6 Å². The molecule has 100 valence electrons. The lowest BCUT2D eigenvalue weighted by molar-refractivity contribution is 0.0997. The molecule has 1 aromatic carbocycles. The third-order valence-electron chi connectivity index (χ3n) is 3.50. The van der Waals surface area contributed by atoms with E-state index in [1.54, 1.807) is 12.1 Å². The molecule has 1 heterocycles. The number of halogens is 2. The highest BCUT2D eigenvalue weighted by molar-refractivity contribution is 6.31. The summed E-state index contributed by atoms with van der Waals surface area (Å²) in [6.07, 6.45) is 4.35. The third-order valence-corrected chi connectivity index (χ3v) is 3.83. The van der Waals surface area contributed by atoms with Crippen molar-refractivity contribution in [3.05, 3.63) is 34.6 Å². The number of nitrogens with one attached hydrogen (secondary N) is 1. The van der Waals surface area contributed by atoms with Crippen LogP contribution in [-0.4, -0.2) is 19.8 Å². The first-order chi connectivity index (χ1) is 8.72. The minimum absolute atomic E-state index is 0.0529. The second-order valence-corrected chi connectivity index (χ2v) is 5.10. The van der Waals surface area contributed by atoms with Gasteiger partial charge in [-0.05, 0) is 44.9 Å². The van der Waals surface area contributed by atoms with Crippen LogP contribution in [0.25, 0.3) is 0 Å². The van der Waals surface area contributed by atoms with Crippen molar-refractivity contribution in [3.63, 3.8) is 0 Å². The van der Waals surface area contributed by atoms with Crippen LogP contribution in [0.5, 0.6) is 0 Å². The molecule has 0 aliphatic carbocycles. The normalized spacial score (nSPS) is 21.2. The van der Waals surface area contributed by atoms with Crippen molar-refractivity contribution in [2.75, 3.05) is 13.7 Å². The van der Waals surface area contributed by atoms with Crippen molar-refractivity contribution in [2.45, 2.75) is 37.8 Å². The van der Waals surface area contributed by atoms with Crippen molar-refractivity contribution in [3.8, 4) is 0 Å². The topological polar surface area (TPSA) is 21.3 Å². The molecule has 2 atom stereocenters. The Morgan fingerprint density at radius 3 is 3.00 bits per heavy atom. The number of hydrogen-bond acceptors (Lipinski definition) is 2. The lowest BCUT2D eigenvalue weighted by Crippen LogP contribution is -2.20. The molecule has 4 heteroatoms. The molecule has 1 aliphatic heterocycles. The smallest absolute Gasteiger partial charge is 0.129 e. The van der Waals surface area contributed by atoms with E-state index in [4.69, 9.17) is 16.3 Å². The van der Waals surface area contributed by atoms with Crippen molar-refractivity contribution in [1.29, 1.82) is 0 Å². The highest BCUT2D eigenvalue weighted by Gasteiger charge is 2.21. The molecule has 0 bridgehead atoms. The number of ether oxygens (including phenoxy) is 1. The molecule has 0 amide bonds. The minimum Gasteiger partial charge on any atom is -0.378 e. The van der Waals surface area contributed by atoms with Gasteiger partial charge in [0.05, 0.1) is 6.10 Å². The van der Waals surface area contributed by atoms with Gasteiger partial charge >= 0.3 is 0 Å². The van der Waals surface area contributed by atoms with Gasteiger partial charge in [0.25, 0.3) is 0 Å². The molecule has 1 fully saturated rings. The van der Waals surface area contributed by atoms with Gasteiger partial charge in [-0.25, -0.2) is 4.39 Å². The Morgan fingerprint density at radius 1 is 1.56 bits per heavy atom. The molecule has 0 saturated carbocycles. The Balaban J connectivity index is 2.03. The molecule has 1 aliphatic rings. The van der Waals surface area contributed by atoms with E-state index >= 15 is 0 Å². The van der Waals surface area contributed by atoms with Crippen molar-refractivity contribution >= 4 is 11.6 Å². The first-order valence-corrected chi connectivity index (χ1v) is 6.83. The molecule has 0 aromatic heterocycles. The molecular weight excluding hydrogens is 253 g/mol. The van der Waals surface area contributed by atoms with Crippen LogP contribution in [-0.2, 0) is 4.74 Å². The second kappa shape index (κ2) is 6.50. The van der Waals surface area contributed by atoms with E-state index in [2.05, 4.69) is 5.32 Å². The van der Waals surface area contributed by atoms with E-state index in [1.165, 1.54) is 6.07 Å². The van der Waals surface area contributed by atoms with Crippen molar-refractivity contribution < 1.29 is 9.13 Å². The highest BCUT2D eigenvalue weighted by Crippen LogP contribution is 2.30. The summed E-state index contributed by atoms with van der Waals surface area (Å²) in [5.41, 5.74) is 0.569. The summed E-state index contributed by atoms with van der Waals surface area (Å²) in [6, 6.07) is 4.77. The minimum atomic E-state index is -0.241. The second-order valence-electron chi connectivity index (χ2n) is 4.69. The Kier molecular flexibility index (Phi) is 4.98. The summed E-state index contributed by atoms with van der Waals surface area (Å²) < 4.78 is 19.4. The van der Waals surface area contributed by atoms with Crippen molar-refractivity contribution in [2.24, 2.45) is 0 Å². The summed E-state index contributed by atoms with van der Waals surface area (Å²) in [5.74, 6) is -0.241. The number of benzene rings is 1. The fourth-order valence-electron chi connectivity index (χ4n) is 2.50. The Morgan fingerprint density at radius 2 is 2.39 bits per heavy atom. The molecule has 18 heavy (non-hydrogen) atoms. The van der Waals surface area contributed by atoms with E-state index < -0.39 is 0 Å². The number of rotatable bonds is 5. The molecule has 1 N–H and O–H groups in total. The van der Waals surface area contributed by atoms with Crippen LogP contribution in [0.2, 0.25) is 5.02 Å². The van der Waals surface area contributed by atoms with E-state index in [1.807, 2.05) is 7.05 Å².